The fourth-order valence-corrected chi connectivity index (χ4v) is 3.24. The molecule has 0 unspecified atom stereocenters. The van der Waals surface area contributed by atoms with Gasteiger partial charge >= 0.3 is 0 Å². The molecule has 1 aliphatic heterocycles. The summed E-state index contributed by atoms with van der Waals surface area (Å²) in [4.78, 5) is 0. The average molecular weight is 274 g/mol. The number of nitrogens with one attached hydrogen (secondary N) is 1. The zero-order valence-corrected chi connectivity index (χ0v) is 12.6. The molecule has 20 heavy (non-hydrogen) atoms. The summed E-state index contributed by atoms with van der Waals surface area (Å²) in [5.41, 5.74) is -0.322. The first-order chi connectivity index (χ1) is 8.99. The van der Waals surface area contributed by atoms with Crippen LogP contribution >= 0.6 is 0 Å². The third kappa shape index (κ3) is 2.20. The molecule has 1 saturated heterocycles. The summed E-state index contributed by atoms with van der Waals surface area (Å²) < 4.78 is 47.2. The van der Waals surface area contributed by atoms with E-state index in [2.05, 4.69) is 5.32 Å². The van der Waals surface area contributed by atoms with Crippen molar-refractivity contribution in [2.24, 2.45) is 0 Å². The van der Waals surface area contributed by atoms with Gasteiger partial charge in [0, 0.05) is 0 Å². The summed E-state index contributed by atoms with van der Waals surface area (Å²) in [6, 6.07) is 0. The summed E-state index contributed by atoms with van der Waals surface area (Å²) in [7, 11) is 10.2. The third-order valence-corrected chi connectivity index (χ3v) is 3.91. The van der Waals surface area contributed by atoms with Crippen LogP contribution in [0.5, 0.6) is 5.75 Å². The van der Waals surface area contributed by atoms with Crippen molar-refractivity contribution in [1.29, 1.82) is 0 Å². The maximum atomic E-state index is 14.0. The van der Waals surface area contributed by atoms with Crippen LogP contribution in [0.1, 0.15) is 0 Å². The van der Waals surface area contributed by atoms with Gasteiger partial charge < -0.3 is 10.1 Å². The Morgan fingerprint density at radius 1 is 0.850 bits per heavy atom. The predicted octanol–water partition coefficient (Wildman–Crippen LogP) is -6.19. The van der Waals surface area contributed by atoms with Crippen molar-refractivity contribution in [1.82, 2.24) is 5.32 Å². The molecular weight excluding hydrogens is 260 g/mol. The molecule has 2 rings (SSSR count). The molecule has 2 nitrogen and oxygen atoms in total. The fourth-order valence-electron chi connectivity index (χ4n) is 3.24. The molecule has 0 saturated carbocycles. The van der Waals surface area contributed by atoms with E-state index in [1.165, 1.54) is 15.7 Å². The second-order valence-corrected chi connectivity index (χ2v) is 6.59. The Balaban J connectivity index is 2.45. The Morgan fingerprint density at radius 2 is 1.35 bits per heavy atom. The molecule has 0 amide bonds. The minimum Gasteiger partial charge on any atom is -0.487 e. The molecule has 1 aliphatic rings. The molecule has 0 bridgehead atoms. The van der Waals surface area contributed by atoms with E-state index >= 15 is 0 Å². The molecule has 0 atom stereocenters. The third-order valence-electron chi connectivity index (χ3n) is 3.91. The molecule has 1 heterocycles. The molecule has 100 valence electrons. The molecule has 11 heteroatoms. The first-order valence-electron chi connectivity index (χ1n) is 6.58. The molecular formula is C9H14B6F3NO. The Kier molecular flexibility index (Phi) is 3.56. The van der Waals surface area contributed by atoms with Gasteiger partial charge in [-0.3, -0.25) is 0 Å². The van der Waals surface area contributed by atoms with E-state index < -0.39 is 17.5 Å². The molecule has 1 aromatic rings. The van der Waals surface area contributed by atoms with Crippen molar-refractivity contribution < 1.29 is 17.9 Å². The van der Waals surface area contributed by atoms with Crippen LogP contribution in [0.4, 0.5) is 13.2 Å². The Morgan fingerprint density at radius 3 is 1.80 bits per heavy atom. The maximum Gasteiger partial charge on any atom is 0.199 e. The highest BCUT2D eigenvalue weighted by atomic mass is 19.2. The zero-order chi connectivity index (χ0) is 15.5. The van der Waals surface area contributed by atoms with Gasteiger partial charge in [0.2, 0.25) is 0 Å². The highest BCUT2D eigenvalue weighted by molar-refractivity contribution is 6.49. The normalized spacial score (nSPS) is 20.4. The largest absolute Gasteiger partial charge is 0.487 e. The molecule has 0 aromatic heterocycles. The fraction of sp³-hybridized carbons (Fsp3) is 0.333. The van der Waals surface area contributed by atoms with E-state index in [4.69, 9.17) is 4.74 Å². The zero-order valence-electron chi connectivity index (χ0n) is 12.6. The van der Waals surface area contributed by atoms with Gasteiger partial charge in [-0.05, 0) is 21.6 Å². The number of hydrogen-bond donors (Lipinski definition) is 1. The number of halogens is 3. The lowest BCUT2D eigenvalue weighted by Gasteiger charge is -2.59. The first kappa shape index (κ1) is 15.5. The number of hydrogen-bond acceptors (Lipinski definition) is 2. The minimum atomic E-state index is -1.19. The number of benzene rings is 1. The van der Waals surface area contributed by atoms with E-state index in [1.807, 2.05) is 31.4 Å². The van der Waals surface area contributed by atoms with Crippen molar-refractivity contribution in [2.45, 2.75) is 16.8 Å². The van der Waals surface area contributed by atoms with E-state index in [-0.39, 0.29) is 33.5 Å². The van der Waals surface area contributed by atoms with Crippen LogP contribution in [0, 0.1) is 17.5 Å². The lowest BCUT2D eigenvalue weighted by atomic mass is 9.38. The standard InChI is InChI=1S/C9H14B6F3NO/c10-1-3(16)2(11)6(5(18)4(1)17)20-7-8(12,13)19-9(7,14)15/h7,19H,10-15H2. The van der Waals surface area contributed by atoms with E-state index in [9.17, 15) is 13.2 Å². The highest BCUT2D eigenvalue weighted by Gasteiger charge is 2.53. The van der Waals surface area contributed by atoms with Gasteiger partial charge in [-0.25, -0.2) is 8.78 Å². The number of rotatable bonds is 2. The summed E-state index contributed by atoms with van der Waals surface area (Å²) in [5, 5.41) is 2.50. The van der Waals surface area contributed by atoms with Crippen LogP contribution in [0.3, 0.4) is 0 Å². The topological polar surface area (TPSA) is 21.3 Å². The van der Waals surface area contributed by atoms with Crippen LogP contribution in [0.25, 0.3) is 0 Å². The van der Waals surface area contributed by atoms with Crippen molar-refractivity contribution >= 4 is 58.0 Å². The van der Waals surface area contributed by atoms with Gasteiger partial charge in [0.25, 0.3) is 0 Å². The Hall–Kier alpha value is -0.840. The van der Waals surface area contributed by atoms with Crippen LogP contribution in [0.2, 0.25) is 0 Å². The summed E-state index contributed by atoms with van der Waals surface area (Å²) >= 11 is 0. The van der Waals surface area contributed by atoms with Gasteiger partial charge in [0.15, 0.2) is 17.4 Å². The minimum absolute atomic E-state index is 0.0000926. The van der Waals surface area contributed by atoms with E-state index in [0.717, 1.165) is 0 Å². The smallest absolute Gasteiger partial charge is 0.199 e. The van der Waals surface area contributed by atoms with Crippen LogP contribution in [-0.4, -0.2) is 63.9 Å². The first-order valence-corrected chi connectivity index (χ1v) is 6.58. The summed E-state index contributed by atoms with van der Waals surface area (Å²) in [6.07, 6.45) is -0.385. The second-order valence-electron chi connectivity index (χ2n) is 6.59. The maximum absolute atomic E-state index is 14.0. The molecule has 0 aliphatic carbocycles. The monoisotopic (exact) mass is 275 g/mol. The quantitative estimate of drug-likeness (QED) is 0.428. The molecule has 0 radical (unpaired) electrons. The Bertz CT molecular complexity index is 538. The van der Waals surface area contributed by atoms with Crippen molar-refractivity contribution in [3.05, 3.63) is 17.5 Å². The lowest BCUT2D eigenvalue weighted by Crippen LogP contribution is -2.86. The molecule has 0 spiro atoms. The summed E-state index contributed by atoms with van der Waals surface area (Å²) in [5.74, 6) is -3.41. The van der Waals surface area contributed by atoms with Gasteiger partial charge in [0.05, 0.1) is 0 Å². The molecule has 1 fully saturated rings. The van der Waals surface area contributed by atoms with Gasteiger partial charge in [-0.15, -0.1) is 0 Å². The molecule has 1 N–H and O–H groups in total. The average Bonchev–Trinajstić information content (AvgIpc) is 2.32. The van der Waals surface area contributed by atoms with Gasteiger partial charge in [-0.2, -0.15) is 4.39 Å². The molecule has 1 aromatic carbocycles. The Labute approximate surface area is 122 Å². The van der Waals surface area contributed by atoms with Crippen molar-refractivity contribution in [3.63, 3.8) is 0 Å². The van der Waals surface area contributed by atoms with Gasteiger partial charge in [0.1, 0.15) is 59.0 Å². The highest BCUT2D eigenvalue weighted by Crippen LogP contribution is 2.30. The summed E-state index contributed by atoms with van der Waals surface area (Å²) in [6.45, 7) is 0. The van der Waals surface area contributed by atoms with Crippen LogP contribution < -0.4 is 21.0 Å². The van der Waals surface area contributed by atoms with Crippen molar-refractivity contribution in [2.75, 3.05) is 0 Å². The second kappa shape index (κ2) is 4.58. The van der Waals surface area contributed by atoms with Crippen molar-refractivity contribution in [3.8, 4) is 5.75 Å². The predicted molar refractivity (Wildman–Crippen MR) is 89.9 cm³/mol. The van der Waals surface area contributed by atoms with Crippen LogP contribution in [0.15, 0.2) is 0 Å². The SMILES string of the molecule is Bc1c(F)c(B)c(OC2C(B)(B)NC2(B)B)c(F)c1F. The number of ether oxygens (including phenoxy) is 1. The van der Waals surface area contributed by atoms with E-state index in [1.54, 1.807) is 0 Å². The van der Waals surface area contributed by atoms with Crippen LogP contribution in [-0.2, 0) is 0 Å². The van der Waals surface area contributed by atoms with Gasteiger partial charge in [-0.1, -0.05) is 0 Å². The van der Waals surface area contributed by atoms with E-state index in [0.29, 0.717) is 0 Å². The lowest BCUT2D eigenvalue weighted by molar-refractivity contribution is 0.0580.